The average Bonchev–Trinajstić information content (AvgIpc) is 3.35. The van der Waals surface area contributed by atoms with Crippen molar-refractivity contribution in [2.75, 3.05) is 13.2 Å². The molecule has 1 fully saturated rings. The van der Waals surface area contributed by atoms with Gasteiger partial charge in [-0.2, -0.15) is 0 Å². The second-order valence-corrected chi connectivity index (χ2v) is 7.46. The highest BCUT2D eigenvalue weighted by Crippen LogP contribution is 2.26. The number of ether oxygens (including phenoxy) is 2. The van der Waals surface area contributed by atoms with E-state index in [1.807, 2.05) is 4.57 Å². The molecule has 1 aliphatic rings. The zero-order valence-corrected chi connectivity index (χ0v) is 15.6. The fourth-order valence-electron chi connectivity index (χ4n) is 2.62. The molecule has 9 heteroatoms. The van der Waals surface area contributed by atoms with Crippen LogP contribution in [0.15, 0.2) is 16.7 Å². The van der Waals surface area contributed by atoms with Crippen LogP contribution in [0.3, 0.4) is 0 Å². The van der Waals surface area contributed by atoms with Crippen molar-refractivity contribution in [2.45, 2.75) is 49.9 Å². The molecule has 7 nitrogen and oxygen atoms in total. The number of carbonyl (C=O) groups is 1. The number of thiazole rings is 1. The molecule has 0 aliphatic carbocycles. The van der Waals surface area contributed by atoms with Crippen molar-refractivity contribution >= 4 is 29.1 Å². The van der Waals surface area contributed by atoms with Crippen molar-refractivity contribution in [3.05, 3.63) is 28.0 Å². The fourth-order valence-corrected chi connectivity index (χ4v) is 4.41. The SMILES string of the molecule is CCOC(=O)c1csc(CSc2ncc(CO)n2C[C@H]2CCCO2)n1. The quantitative estimate of drug-likeness (QED) is 0.553. The van der Waals surface area contributed by atoms with Gasteiger partial charge in [0.05, 0.1) is 43.5 Å². The highest BCUT2D eigenvalue weighted by Gasteiger charge is 2.20. The van der Waals surface area contributed by atoms with Gasteiger partial charge in [0.1, 0.15) is 5.01 Å². The van der Waals surface area contributed by atoms with Gasteiger partial charge in [-0.1, -0.05) is 11.8 Å². The van der Waals surface area contributed by atoms with E-state index in [9.17, 15) is 9.90 Å². The molecule has 136 valence electrons. The first kappa shape index (κ1) is 18.4. The lowest BCUT2D eigenvalue weighted by Crippen LogP contribution is -2.17. The smallest absolute Gasteiger partial charge is 0.357 e. The van der Waals surface area contributed by atoms with E-state index in [0.717, 1.165) is 35.3 Å². The van der Waals surface area contributed by atoms with Crippen molar-refractivity contribution in [1.82, 2.24) is 14.5 Å². The second-order valence-electron chi connectivity index (χ2n) is 5.57. The van der Waals surface area contributed by atoms with Gasteiger partial charge in [0.25, 0.3) is 0 Å². The number of imidazole rings is 1. The lowest BCUT2D eigenvalue weighted by Gasteiger charge is -2.14. The van der Waals surface area contributed by atoms with Crippen molar-refractivity contribution in [1.29, 1.82) is 0 Å². The normalized spacial score (nSPS) is 17.1. The Hall–Kier alpha value is -1.42. The number of esters is 1. The van der Waals surface area contributed by atoms with Crippen molar-refractivity contribution in [3.8, 4) is 0 Å². The first-order chi connectivity index (χ1) is 12.2. The van der Waals surface area contributed by atoms with Crippen LogP contribution in [0.4, 0.5) is 0 Å². The summed E-state index contributed by atoms with van der Waals surface area (Å²) in [6.45, 7) is 3.56. The van der Waals surface area contributed by atoms with Gasteiger partial charge in [0.2, 0.25) is 0 Å². The molecule has 0 bridgehead atoms. The predicted octanol–water partition coefficient (Wildman–Crippen LogP) is 2.48. The number of aliphatic hydroxyl groups excluding tert-OH is 1. The molecule has 0 aromatic carbocycles. The Bertz CT molecular complexity index is 710. The van der Waals surface area contributed by atoms with Crippen molar-refractivity contribution in [2.24, 2.45) is 0 Å². The van der Waals surface area contributed by atoms with Gasteiger partial charge >= 0.3 is 5.97 Å². The summed E-state index contributed by atoms with van der Waals surface area (Å²) in [7, 11) is 0. The van der Waals surface area contributed by atoms with E-state index in [1.54, 1.807) is 18.5 Å². The third-order valence-corrected chi connectivity index (χ3v) is 5.87. The number of rotatable bonds is 8. The van der Waals surface area contributed by atoms with Crippen LogP contribution in [0.5, 0.6) is 0 Å². The van der Waals surface area contributed by atoms with E-state index in [0.29, 0.717) is 24.6 Å². The minimum absolute atomic E-state index is 0.0511. The molecule has 0 spiro atoms. The summed E-state index contributed by atoms with van der Waals surface area (Å²) in [5, 5.41) is 12.9. The number of aliphatic hydroxyl groups is 1. The number of carbonyl (C=O) groups excluding carboxylic acids is 1. The summed E-state index contributed by atoms with van der Waals surface area (Å²) < 4.78 is 12.7. The highest BCUT2D eigenvalue weighted by molar-refractivity contribution is 7.98. The first-order valence-electron chi connectivity index (χ1n) is 8.22. The Morgan fingerprint density at radius 3 is 3.20 bits per heavy atom. The molecule has 0 unspecified atom stereocenters. The Kier molecular flexibility index (Phi) is 6.46. The Morgan fingerprint density at radius 2 is 2.48 bits per heavy atom. The van der Waals surface area contributed by atoms with E-state index >= 15 is 0 Å². The third-order valence-electron chi connectivity index (χ3n) is 3.83. The minimum Gasteiger partial charge on any atom is -0.461 e. The molecular weight excluding hydrogens is 362 g/mol. The topological polar surface area (TPSA) is 86.5 Å². The summed E-state index contributed by atoms with van der Waals surface area (Å²) in [4.78, 5) is 20.4. The van der Waals surface area contributed by atoms with Gasteiger partial charge < -0.3 is 19.1 Å². The molecule has 2 aromatic heterocycles. The first-order valence-corrected chi connectivity index (χ1v) is 10.1. The number of nitrogens with zero attached hydrogens (tertiary/aromatic N) is 3. The zero-order valence-electron chi connectivity index (χ0n) is 14.0. The Labute approximate surface area is 154 Å². The molecule has 3 heterocycles. The predicted molar refractivity (Wildman–Crippen MR) is 94.8 cm³/mol. The standard InChI is InChI=1S/C16H21N3O4S2/c1-2-22-15(21)13-9-24-14(18-13)10-25-16-17-6-11(8-20)19(16)7-12-4-3-5-23-12/h6,9,12,20H,2-5,7-8,10H2,1H3/t12-/m1/s1. The Morgan fingerprint density at radius 1 is 1.60 bits per heavy atom. The van der Waals surface area contributed by atoms with Crippen molar-refractivity contribution < 1.29 is 19.4 Å². The van der Waals surface area contributed by atoms with Gasteiger partial charge in [0.15, 0.2) is 10.9 Å². The zero-order chi connectivity index (χ0) is 17.6. The number of hydrogen-bond acceptors (Lipinski definition) is 8. The van der Waals surface area contributed by atoms with E-state index in [2.05, 4.69) is 9.97 Å². The molecule has 0 amide bonds. The summed E-state index contributed by atoms with van der Waals surface area (Å²) in [6.07, 6.45) is 3.98. The average molecular weight is 383 g/mol. The lowest BCUT2D eigenvalue weighted by molar-refractivity contribution is 0.0520. The van der Waals surface area contributed by atoms with E-state index in [1.165, 1.54) is 23.1 Å². The molecular formula is C16H21N3O4S2. The van der Waals surface area contributed by atoms with Crippen LogP contribution < -0.4 is 0 Å². The maximum absolute atomic E-state index is 11.7. The molecule has 0 saturated carbocycles. The summed E-state index contributed by atoms with van der Waals surface area (Å²) >= 11 is 2.97. The van der Waals surface area contributed by atoms with E-state index in [-0.39, 0.29) is 12.7 Å². The van der Waals surface area contributed by atoms with E-state index in [4.69, 9.17) is 9.47 Å². The van der Waals surface area contributed by atoms with Crippen LogP contribution in [0.2, 0.25) is 0 Å². The van der Waals surface area contributed by atoms with Crippen LogP contribution in [0.1, 0.15) is 41.0 Å². The van der Waals surface area contributed by atoms with Crippen LogP contribution in [0, 0.1) is 0 Å². The number of thioether (sulfide) groups is 1. The third kappa shape index (κ3) is 4.60. The molecule has 2 aromatic rings. The van der Waals surface area contributed by atoms with Crippen LogP contribution >= 0.6 is 23.1 Å². The van der Waals surface area contributed by atoms with Crippen LogP contribution in [-0.4, -0.2) is 44.9 Å². The van der Waals surface area contributed by atoms with Gasteiger partial charge in [-0.25, -0.2) is 14.8 Å². The Balaban J connectivity index is 1.64. The monoisotopic (exact) mass is 383 g/mol. The molecule has 3 rings (SSSR count). The van der Waals surface area contributed by atoms with Gasteiger partial charge in [-0.3, -0.25) is 0 Å². The molecule has 1 N–H and O–H groups in total. The van der Waals surface area contributed by atoms with Gasteiger partial charge in [0, 0.05) is 12.0 Å². The summed E-state index contributed by atoms with van der Waals surface area (Å²) in [5.41, 5.74) is 1.13. The number of aromatic nitrogens is 3. The van der Waals surface area contributed by atoms with Gasteiger partial charge in [-0.05, 0) is 19.8 Å². The van der Waals surface area contributed by atoms with E-state index < -0.39 is 5.97 Å². The van der Waals surface area contributed by atoms with Gasteiger partial charge in [-0.15, -0.1) is 11.3 Å². The summed E-state index contributed by atoms with van der Waals surface area (Å²) in [6, 6.07) is 0. The second kappa shape index (κ2) is 8.79. The minimum atomic E-state index is -0.391. The maximum atomic E-state index is 11.7. The fraction of sp³-hybridized carbons (Fsp3) is 0.562. The molecule has 1 saturated heterocycles. The summed E-state index contributed by atoms with van der Waals surface area (Å²) in [5.74, 6) is 0.217. The molecule has 1 atom stereocenters. The molecule has 0 radical (unpaired) electrons. The van der Waals surface area contributed by atoms with Crippen molar-refractivity contribution in [3.63, 3.8) is 0 Å². The van der Waals surface area contributed by atoms with Crippen LogP contribution in [0.25, 0.3) is 0 Å². The maximum Gasteiger partial charge on any atom is 0.357 e. The molecule has 25 heavy (non-hydrogen) atoms. The lowest BCUT2D eigenvalue weighted by atomic mass is 10.2. The number of hydrogen-bond donors (Lipinski definition) is 1. The largest absolute Gasteiger partial charge is 0.461 e. The molecule has 1 aliphatic heterocycles. The highest BCUT2D eigenvalue weighted by atomic mass is 32.2. The van der Waals surface area contributed by atoms with Crippen LogP contribution in [-0.2, 0) is 28.4 Å².